The molecule has 1 aromatic heterocycles. The molecule has 2 rings (SSSR count). The number of nitrogens with one attached hydrogen (secondary N) is 1. The summed E-state index contributed by atoms with van der Waals surface area (Å²) in [6, 6.07) is 3.93. The van der Waals surface area contributed by atoms with Crippen LogP contribution < -0.4 is 11.1 Å². The molecule has 2 amide bonds. The number of carbonyl (C=O) groups excluding carboxylic acids is 2. The van der Waals surface area contributed by atoms with E-state index in [-0.39, 0.29) is 24.3 Å². The number of likely N-dealkylation sites (tertiary alicyclic amines) is 1. The lowest BCUT2D eigenvalue weighted by Gasteiger charge is -2.30. The standard InChI is InChI=1S/C14H22N4O2/c15-13(19)11-18-8-3-4-12(10-18)14(20)16-5-9-17-6-1-2-7-17/h1-2,6-7,12H,3-5,8-11H2,(H2,15,19)(H,16,20)/t12-/m0/s1. The van der Waals surface area contributed by atoms with E-state index in [1.165, 1.54) is 0 Å². The van der Waals surface area contributed by atoms with Crippen LogP contribution in [0.3, 0.4) is 0 Å². The molecular weight excluding hydrogens is 256 g/mol. The molecular formula is C14H22N4O2. The molecule has 0 radical (unpaired) electrons. The summed E-state index contributed by atoms with van der Waals surface area (Å²) in [4.78, 5) is 25.0. The van der Waals surface area contributed by atoms with Gasteiger partial charge in [-0.25, -0.2) is 0 Å². The quantitative estimate of drug-likeness (QED) is 0.756. The number of piperidine rings is 1. The number of hydrogen-bond donors (Lipinski definition) is 2. The van der Waals surface area contributed by atoms with Crippen molar-refractivity contribution < 1.29 is 9.59 Å². The van der Waals surface area contributed by atoms with Gasteiger partial charge in [0.1, 0.15) is 0 Å². The van der Waals surface area contributed by atoms with Crippen LogP contribution in [0.1, 0.15) is 12.8 Å². The first-order valence-corrected chi connectivity index (χ1v) is 7.04. The van der Waals surface area contributed by atoms with E-state index in [9.17, 15) is 9.59 Å². The second-order valence-corrected chi connectivity index (χ2v) is 5.25. The smallest absolute Gasteiger partial charge is 0.231 e. The maximum Gasteiger partial charge on any atom is 0.231 e. The molecule has 6 heteroatoms. The van der Waals surface area contributed by atoms with E-state index in [1.807, 2.05) is 34.0 Å². The monoisotopic (exact) mass is 278 g/mol. The van der Waals surface area contributed by atoms with E-state index >= 15 is 0 Å². The van der Waals surface area contributed by atoms with Crippen molar-refractivity contribution in [3.8, 4) is 0 Å². The number of aromatic nitrogens is 1. The Kier molecular flexibility index (Phi) is 5.17. The molecule has 20 heavy (non-hydrogen) atoms. The number of carbonyl (C=O) groups is 2. The van der Waals surface area contributed by atoms with E-state index in [1.54, 1.807) is 0 Å². The summed E-state index contributed by atoms with van der Waals surface area (Å²) < 4.78 is 2.03. The minimum Gasteiger partial charge on any atom is -0.369 e. The van der Waals surface area contributed by atoms with Crippen LogP contribution >= 0.6 is 0 Å². The number of nitrogens with two attached hydrogens (primary N) is 1. The Morgan fingerprint density at radius 2 is 2.05 bits per heavy atom. The first-order valence-electron chi connectivity index (χ1n) is 7.04. The van der Waals surface area contributed by atoms with Gasteiger partial charge in [0.15, 0.2) is 0 Å². The molecule has 1 aliphatic rings. The summed E-state index contributed by atoms with van der Waals surface area (Å²) in [5.41, 5.74) is 5.20. The molecule has 1 aromatic rings. The van der Waals surface area contributed by atoms with Crippen molar-refractivity contribution in [3.05, 3.63) is 24.5 Å². The van der Waals surface area contributed by atoms with Crippen LogP contribution in [0.25, 0.3) is 0 Å². The van der Waals surface area contributed by atoms with E-state index in [4.69, 9.17) is 5.73 Å². The van der Waals surface area contributed by atoms with E-state index in [0.717, 1.165) is 25.9 Å². The first kappa shape index (κ1) is 14.6. The fourth-order valence-corrected chi connectivity index (χ4v) is 2.61. The molecule has 3 N–H and O–H groups in total. The Labute approximate surface area is 118 Å². The molecule has 1 aliphatic heterocycles. The molecule has 0 bridgehead atoms. The molecule has 0 aliphatic carbocycles. The van der Waals surface area contributed by atoms with Gasteiger partial charge in [-0.1, -0.05) is 0 Å². The number of primary amides is 1. The third-order valence-electron chi connectivity index (χ3n) is 3.59. The Morgan fingerprint density at radius 3 is 2.75 bits per heavy atom. The summed E-state index contributed by atoms with van der Waals surface area (Å²) in [6.45, 7) is 3.11. The zero-order valence-corrected chi connectivity index (χ0v) is 11.6. The maximum atomic E-state index is 12.1. The fraction of sp³-hybridized carbons (Fsp3) is 0.571. The van der Waals surface area contributed by atoms with Gasteiger partial charge < -0.3 is 15.6 Å². The van der Waals surface area contributed by atoms with Crippen LogP contribution in [-0.2, 0) is 16.1 Å². The summed E-state index contributed by atoms with van der Waals surface area (Å²) in [5.74, 6) is -0.294. The van der Waals surface area contributed by atoms with Gasteiger partial charge in [-0.2, -0.15) is 0 Å². The molecule has 6 nitrogen and oxygen atoms in total. The maximum absolute atomic E-state index is 12.1. The van der Waals surface area contributed by atoms with Crippen molar-refractivity contribution in [1.29, 1.82) is 0 Å². The SMILES string of the molecule is NC(=O)CN1CCC[C@H](C(=O)NCCn2cccc2)C1. The van der Waals surface area contributed by atoms with Crippen molar-refractivity contribution in [2.75, 3.05) is 26.2 Å². The normalized spacial score (nSPS) is 19.7. The van der Waals surface area contributed by atoms with E-state index in [2.05, 4.69) is 5.32 Å². The van der Waals surface area contributed by atoms with Gasteiger partial charge in [-0.15, -0.1) is 0 Å². The average Bonchev–Trinajstić information content (AvgIpc) is 2.91. The van der Waals surface area contributed by atoms with Crippen molar-refractivity contribution in [2.24, 2.45) is 11.7 Å². The van der Waals surface area contributed by atoms with Gasteiger partial charge in [-0.05, 0) is 31.5 Å². The molecule has 2 heterocycles. The lowest BCUT2D eigenvalue weighted by atomic mass is 9.97. The van der Waals surface area contributed by atoms with E-state index < -0.39 is 0 Å². The average molecular weight is 278 g/mol. The second kappa shape index (κ2) is 7.09. The zero-order chi connectivity index (χ0) is 14.4. The lowest BCUT2D eigenvalue weighted by Crippen LogP contribution is -2.46. The third kappa shape index (κ3) is 4.38. The predicted molar refractivity (Wildman–Crippen MR) is 75.8 cm³/mol. The van der Waals surface area contributed by atoms with Crippen molar-refractivity contribution in [3.63, 3.8) is 0 Å². The molecule has 1 fully saturated rings. The Morgan fingerprint density at radius 1 is 1.30 bits per heavy atom. The number of amides is 2. The highest BCUT2D eigenvalue weighted by Gasteiger charge is 2.25. The Hall–Kier alpha value is -1.82. The van der Waals surface area contributed by atoms with Gasteiger partial charge in [0, 0.05) is 32.0 Å². The highest BCUT2D eigenvalue weighted by molar-refractivity contribution is 5.79. The summed E-state index contributed by atoms with van der Waals surface area (Å²) in [6.07, 6.45) is 5.76. The van der Waals surface area contributed by atoms with Gasteiger partial charge in [-0.3, -0.25) is 14.5 Å². The van der Waals surface area contributed by atoms with Gasteiger partial charge >= 0.3 is 0 Å². The zero-order valence-electron chi connectivity index (χ0n) is 11.6. The Bertz CT molecular complexity index is 444. The van der Waals surface area contributed by atoms with Crippen LogP contribution in [0, 0.1) is 5.92 Å². The molecule has 0 unspecified atom stereocenters. The lowest BCUT2D eigenvalue weighted by molar-refractivity contribution is -0.128. The third-order valence-corrected chi connectivity index (χ3v) is 3.59. The largest absolute Gasteiger partial charge is 0.369 e. The number of nitrogens with zero attached hydrogens (tertiary/aromatic N) is 2. The number of hydrogen-bond acceptors (Lipinski definition) is 3. The first-order chi connectivity index (χ1) is 9.65. The van der Waals surface area contributed by atoms with Gasteiger partial charge in [0.2, 0.25) is 11.8 Å². The molecule has 0 spiro atoms. The van der Waals surface area contributed by atoms with Crippen molar-refractivity contribution in [2.45, 2.75) is 19.4 Å². The van der Waals surface area contributed by atoms with Gasteiger partial charge in [0.05, 0.1) is 12.5 Å². The summed E-state index contributed by atoms with van der Waals surface area (Å²) in [7, 11) is 0. The van der Waals surface area contributed by atoms with Crippen LogP contribution in [-0.4, -0.2) is 47.5 Å². The van der Waals surface area contributed by atoms with Crippen molar-refractivity contribution >= 4 is 11.8 Å². The van der Waals surface area contributed by atoms with Crippen LogP contribution in [0.2, 0.25) is 0 Å². The molecule has 1 atom stereocenters. The summed E-state index contributed by atoms with van der Waals surface area (Å²) in [5, 5.41) is 2.96. The molecule has 110 valence electrons. The minimum atomic E-state index is -0.335. The molecule has 0 aromatic carbocycles. The number of rotatable bonds is 6. The summed E-state index contributed by atoms with van der Waals surface area (Å²) >= 11 is 0. The van der Waals surface area contributed by atoms with Crippen molar-refractivity contribution in [1.82, 2.24) is 14.8 Å². The van der Waals surface area contributed by atoms with Crippen LogP contribution in [0.4, 0.5) is 0 Å². The molecule has 1 saturated heterocycles. The van der Waals surface area contributed by atoms with Gasteiger partial charge in [0.25, 0.3) is 0 Å². The van der Waals surface area contributed by atoms with Crippen LogP contribution in [0.15, 0.2) is 24.5 Å². The Balaban J connectivity index is 1.72. The second-order valence-electron chi connectivity index (χ2n) is 5.25. The predicted octanol–water partition coefficient (Wildman–Crippen LogP) is -0.198. The van der Waals surface area contributed by atoms with E-state index in [0.29, 0.717) is 13.1 Å². The molecule has 0 saturated carbocycles. The highest BCUT2D eigenvalue weighted by atomic mass is 16.2. The van der Waals surface area contributed by atoms with Crippen LogP contribution in [0.5, 0.6) is 0 Å². The topological polar surface area (TPSA) is 80.4 Å². The minimum absolute atomic E-state index is 0.0345. The fourth-order valence-electron chi connectivity index (χ4n) is 2.61. The highest BCUT2D eigenvalue weighted by Crippen LogP contribution is 2.16.